The quantitative estimate of drug-likeness (QED) is 0.185. The minimum atomic E-state index is -0.340. The van der Waals surface area contributed by atoms with Crippen molar-refractivity contribution in [2.24, 2.45) is 0 Å². The Bertz CT molecular complexity index is 3510. The highest BCUT2D eigenvalue weighted by molar-refractivity contribution is 7.25. The van der Waals surface area contributed by atoms with Crippen molar-refractivity contribution in [3.8, 4) is 45.3 Å². The zero-order chi connectivity index (χ0) is 38.7. The van der Waals surface area contributed by atoms with E-state index in [0.29, 0.717) is 28.1 Å². The van der Waals surface area contributed by atoms with Gasteiger partial charge in [-0.25, -0.2) is 15.0 Å². The van der Waals surface area contributed by atoms with Crippen LogP contribution in [0.25, 0.3) is 109 Å². The third-order valence-electron chi connectivity index (χ3n) is 9.26. The number of nitrogens with zero attached hydrogens (tertiary/aromatic N) is 3. The van der Waals surface area contributed by atoms with Gasteiger partial charge in [-0.05, 0) is 48.0 Å². The molecular weight excluding hydrogens is 647 g/mol. The summed E-state index contributed by atoms with van der Waals surface area (Å²) in [6.45, 7) is 0. The third kappa shape index (κ3) is 4.50. The van der Waals surface area contributed by atoms with Crippen LogP contribution in [0, 0.1) is 0 Å². The second kappa shape index (κ2) is 10.9. The van der Waals surface area contributed by atoms with Gasteiger partial charge in [-0.3, -0.25) is 0 Å². The first kappa shape index (κ1) is 22.9. The number of rotatable bonds is 4. The van der Waals surface area contributed by atoms with Crippen molar-refractivity contribution >= 4 is 75.4 Å². The van der Waals surface area contributed by atoms with Crippen LogP contribution in [0.15, 0.2) is 160 Å². The van der Waals surface area contributed by atoms with Gasteiger partial charge in [0, 0.05) is 64.0 Å². The van der Waals surface area contributed by atoms with Crippen molar-refractivity contribution in [3.63, 3.8) is 0 Å². The molecule has 4 heterocycles. The summed E-state index contributed by atoms with van der Waals surface area (Å²) in [5.74, 6) is 0.583. The fraction of sp³-hybridized carbons (Fsp3) is 0. The first-order valence-electron chi connectivity index (χ1n) is 19.4. The van der Waals surface area contributed by atoms with Crippen LogP contribution in [0.3, 0.4) is 0 Å². The lowest BCUT2D eigenvalue weighted by Crippen LogP contribution is -2.00. The SMILES string of the molecule is [2H]c1c([2H])c([2H])c2c(oc3c([2H])c(-c4nc(-c5ccccc5)nc(-c5ccc6c(c5)oc5ccccc56)n4)c([2H])c([2H])c32)c1-c1ccc2c(c1)sc1ccccc12. The van der Waals surface area contributed by atoms with E-state index in [1.165, 1.54) is 0 Å². The Kier molecular flexibility index (Phi) is 4.91. The summed E-state index contributed by atoms with van der Waals surface area (Å²) in [5.41, 5.74) is 3.60. The second-order valence-electron chi connectivity index (χ2n) is 12.3. The first-order valence-corrected chi connectivity index (χ1v) is 17.2. The molecule has 0 aliphatic heterocycles. The number of para-hydroxylation sites is 2. The summed E-state index contributed by atoms with van der Waals surface area (Å²) < 4.78 is 69.7. The Hall–Kier alpha value is -6.63. The van der Waals surface area contributed by atoms with Gasteiger partial charge in [0.2, 0.25) is 0 Å². The number of hydrogen-bond donors (Lipinski definition) is 0. The molecule has 0 aliphatic carbocycles. The molecule has 0 saturated carbocycles. The van der Waals surface area contributed by atoms with E-state index in [9.17, 15) is 4.11 Å². The molecule has 0 amide bonds. The lowest BCUT2D eigenvalue weighted by Gasteiger charge is -2.08. The predicted octanol–water partition coefficient (Wildman–Crippen LogP) is 12.7. The number of thiophene rings is 1. The molecule has 5 nitrogen and oxygen atoms in total. The Morgan fingerprint density at radius 2 is 1.16 bits per heavy atom. The lowest BCUT2D eigenvalue weighted by atomic mass is 10.0. The van der Waals surface area contributed by atoms with E-state index in [1.807, 2.05) is 103 Å². The molecule has 11 rings (SSSR count). The third-order valence-corrected chi connectivity index (χ3v) is 10.4. The number of benzene rings is 7. The maximum absolute atomic E-state index is 9.52. The van der Waals surface area contributed by atoms with E-state index in [0.717, 1.165) is 36.5 Å². The van der Waals surface area contributed by atoms with Crippen molar-refractivity contribution < 1.29 is 17.1 Å². The van der Waals surface area contributed by atoms with E-state index in [1.54, 1.807) is 11.3 Å². The second-order valence-corrected chi connectivity index (χ2v) is 13.4. The molecular formula is C45H25N3O2S. The minimum absolute atomic E-state index is 0.00157. The minimum Gasteiger partial charge on any atom is -0.456 e. The van der Waals surface area contributed by atoms with Gasteiger partial charge >= 0.3 is 0 Å². The van der Waals surface area contributed by atoms with E-state index in [-0.39, 0.29) is 81.0 Å². The van der Waals surface area contributed by atoms with Crippen molar-refractivity contribution in [2.75, 3.05) is 0 Å². The lowest BCUT2D eigenvalue weighted by molar-refractivity contribution is 0.669. The molecule has 0 bridgehead atoms. The largest absolute Gasteiger partial charge is 0.456 e. The summed E-state index contributed by atoms with van der Waals surface area (Å²) in [5, 5.41) is 4.26. The van der Waals surface area contributed by atoms with Gasteiger partial charge in [0.05, 0.1) is 8.22 Å². The molecule has 11 aromatic rings. The Morgan fingerprint density at radius 3 is 2.06 bits per heavy atom. The highest BCUT2D eigenvalue weighted by atomic mass is 32.1. The molecule has 0 unspecified atom stereocenters. The van der Waals surface area contributed by atoms with Crippen LogP contribution in [0.5, 0.6) is 0 Å². The van der Waals surface area contributed by atoms with Crippen molar-refractivity contribution in [1.82, 2.24) is 15.0 Å². The summed E-state index contributed by atoms with van der Waals surface area (Å²) in [7, 11) is 0. The van der Waals surface area contributed by atoms with Gasteiger partial charge in [-0.2, -0.15) is 0 Å². The van der Waals surface area contributed by atoms with Gasteiger partial charge in [0.15, 0.2) is 17.5 Å². The smallest absolute Gasteiger partial charge is 0.164 e. The first-order chi connectivity index (χ1) is 27.7. The summed E-state index contributed by atoms with van der Waals surface area (Å²) in [6, 6.07) is 35.0. The Labute approximate surface area is 303 Å². The van der Waals surface area contributed by atoms with Gasteiger partial charge in [-0.1, -0.05) is 109 Å². The van der Waals surface area contributed by atoms with Crippen molar-refractivity contribution in [2.45, 2.75) is 0 Å². The molecule has 4 aromatic heterocycles. The maximum Gasteiger partial charge on any atom is 0.164 e. The van der Waals surface area contributed by atoms with Crippen LogP contribution < -0.4 is 0 Å². The zero-order valence-electron chi connectivity index (χ0n) is 32.5. The molecule has 0 fully saturated rings. The topological polar surface area (TPSA) is 65.0 Å². The van der Waals surface area contributed by atoms with Gasteiger partial charge in [-0.15, -0.1) is 11.3 Å². The van der Waals surface area contributed by atoms with Gasteiger partial charge in [0.25, 0.3) is 0 Å². The molecule has 0 spiro atoms. The molecule has 0 radical (unpaired) electrons. The zero-order valence-corrected chi connectivity index (χ0v) is 27.4. The summed E-state index contributed by atoms with van der Waals surface area (Å²) in [6.07, 6.45) is 0. The average molecular weight is 678 g/mol. The highest BCUT2D eigenvalue weighted by Crippen LogP contribution is 2.41. The monoisotopic (exact) mass is 677 g/mol. The van der Waals surface area contributed by atoms with E-state index < -0.39 is 0 Å². The molecule has 238 valence electrons. The fourth-order valence-electron chi connectivity index (χ4n) is 6.81. The van der Waals surface area contributed by atoms with Crippen molar-refractivity contribution in [3.05, 3.63) is 152 Å². The normalized spacial score (nSPS) is 13.6. The number of fused-ring (bicyclic) bond motifs is 9. The molecule has 6 heteroatoms. The number of hydrogen-bond acceptors (Lipinski definition) is 6. The van der Waals surface area contributed by atoms with Crippen molar-refractivity contribution in [1.29, 1.82) is 0 Å². The predicted molar refractivity (Wildman–Crippen MR) is 209 cm³/mol. The molecule has 0 atom stereocenters. The molecule has 51 heavy (non-hydrogen) atoms. The summed E-state index contributed by atoms with van der Waals surface area (Å²) in [4.78, 5) is 14.4. The molecule has 0 N–H and O–H groups in total. The van der Waals surface area contributed by atoms with Crippen LogP contribution in [-0.2, 0) is 0 Å². The van der Waals surface area contributed by atoms with E-state index >= 15 is 0 Å². The van der Waals surface area contributed by atoms with Crippen LogP contribution in [-0.4, -0.2) is 15.0 Å². The number of aromatic nitrogens is 3. The van der Waals surface area contributed by atoms with Gasteiger partial charge in [0.1, 0.15) is 22.3 Å². The van der Waals surface area contributed by atoms with Crippen LogP contribution in [0.1, 0.15) is 8.22 Å². The fourth-order valence-corrected chi connectivity index (χ4v) is 7.96. The molecule has 0 saturated heterocycles. The van der Waals surface area contributed by atoms with Gasteiger partial charge < -0.3 is 8.83 Å². The molecule has 0 aliphatic rings. The van der Waals surface area contributed by atoms with E-state index in [2.05, 4.69) is 12.1 Å². The standard InChI is InChI=1S/C45H25N3O2S/c1-2-9-26(10-3-1)43-46-44(28-18-20-32-31-11-4-6-15-37(31)49-38(32)23-28)48-45(47-43)29-19-21-33-36-14-8-13-30(42(36)50-39(33)24-29)27-17-22-35-34-12-5-7-16-40(34)51-41(35)25-27/h1-25H/i8D,13D,14D,19D,21D,24D. The summed E-state index contributed by atoms with van der Waals surface area (Å²) >= 11 is 1.62. The number of furan rings is 2. The van der Waals surface area contributed by atoms with Crippen LogP contribution in [0.2, 0.25) is 0 Å². The van der Waals surface area contributed by atoms with E-state index in [4.69, 9.17) is 27.9 Å². The maximum atomic E-state index is 9.52. The van der Waals surface area contributed by atoms with Crippen LogP contribution in [0.4, 0.5) is 0 Å². The Balaban J connectivity index is 1.15. The highest BCUT2D eigenvalue weighted by Gasteiger charge is 2.18. The molecule has 7 aromatic carbocycles. The van der Waals surface area contributed by atoms with Crippen LogP contribution >= 0.6 is 11.3 Å². The Morgan fingerprint density at radius 1 is 0.451 bits per heavy atom. The average Bonchev–Trinajstić information content (AvgIpc) is 3.94.